The molecule has 168 valence electrons. The Bertz CT molecular complexity index is 1230. The summed E-state index contributed by atoms with van der Waals surface area (Å²) in [6.07, 6.45) is 7.91. The normalized spacial score (nSPS) is 17.3. The van der Waals surface area contributed by atoms with E-state index in [4.69, 9.17) is 9.47 Å². The van der Waals surface area contributed by atoms with Crippen molar-refractivity contribution in [1.82, 2.24) is 9.97 Å². The number of amides is 1. The van der Waals surface area contributed by atoms with Crippen LogP contribution in [0.4, 0.5) is 5.95 Å². The third kappa shape index (κ3) is 5.49. The van der Waals surface area contributed by atoms with Gasteiger partial charge in [0.2, 0.25) is 23.6 Å². The molecule has 0 aliphatic heterocycles. The summed E-state index contributed by atoms with van der Waals surface area (Å²) in [7, 11) is -5.41. The molecule has 0 bridgehead atoms. The molecular formula is C19H22N3NaO7S2. The monoisotopic (exact) mass is 491 g/mol. The van der Waals surface area contributed by atoms with Gasteiger partial charge in [-0.05, 0) is 11.6 Å². The Balaban J connectivity index is 0.00000363. The van der Waals surface area contributed by atoms with E-state index >= 15 is 0 Å². The molecule has 1 aromatic rings. The van der Waals surface area contributed by atoms with Gasteiger partial charge in [-0.3, -0.25) is 10.1 Å². The molecule has 1 atom stereocenters. The maximum absolute atomic E-state index is 13.1. The fourth-order valence-corrected chi connectivity index (χ4v) is 6.50. The standard InChI is InChI=1S/C19H21N3O7S2.Na.H/c1-4-30(24,25)14-9-12-7-5-6-8-13(12)18(14)31(26,27)11-15(23)20-19-21-16(28-2)10-17(22-19)29-3;;/h5-10,13H,4,11H2,1-3H3,(H,20,21,22,23);;. The van der Waals surface area contributed by atoms with Crippen molar-refractivity contribution in [2.75, 3.05) is 31.0 Å². The van der Waals surface area contributed by atoms with Crippen LogP contribution in [0.3, 0.4) is 0 Å². The van der Waals surface area contributed by atoms with E-state index in [1.807, 2.05) is 0 Å². The summed E-state index contributed by atoms with van der Waals surface area (Å²) in [5, 5.41) is 2.29. The number of carbonyl (C=O) groups excluding carboxylic acids is 1. The van der Waals surface area contributed by atoms with Gasteiger partial charge in [0, 0.05) is 5.92 Å². The van der Waals surface area contributed by atoms with Crippen molar-refractivity contribution in [3.8, 4) is 11.8 Å². The zero-order chi connectivity index (χ0) is 22.8. The molecule has 1 N–H and O–H groups in total. The number of allylic oxidation sites excluding steroid dienone is 7. The first-order valence-electron chi connectivity index (χ1n) is 9.14. The third-order valence-corrected chi connectivity index (χ3v) is 8.29. The van der Waals surface area contributed by atoms with Crippen molar-refractivity contribution in [3.63, 3.8) is 0 Å². The first-order chi connectivity index (χ1) is 14.6. The van der Waals surface area contributed by atoms with Gasteiger partial charge >= 0.3 is 29.6 Å². The van der Waals surface area contributed by atoms with Crippen LogP contribution in [-0.2, 0) is 24.5 Å². The summed E-state index contributed by atoms with van der Waals surface area (Å²) in [6.45, 7) is 1.43. The number of sulfone groups is 2. The number of hydrogen-bond acceptors (Lipinski definition) is 9. The molecule has 0 saturated heterocycles. The van der Waals surface area contributed by atoms with Gasteiger partial charge in [0.1, 0.15) is 5.75 Å². The van der Waals surface area contributed by atoms with Crippen molar-refractivity contribution >= 4 is 61.1 Å². The molecule has 1 heterocycles. The van der Waals surface area contributed by atoms with Crippen molar-refractivity contribution in [2.24, 2.45) is 5.92 Å². The number of nitrogens with one attached hydrogen (secondary N) is 1. The Hall–Kier alpha value is -1.99. The van der Waals surface area contributed by atoms with Crippen LogP contribution < -0.4 is 14.8 Å². The maximum atomic E-state index is 13.1. The van der Waals surface area contributed by atoms with Crippen molar-refractivity contribution in [3.05, 3.63) is 51.8 Å². The number of methoxy groups -OCH3 is 2. The van der Waals surface area contributed by atoms with Crippen molar-refractivity contribution in [2.45, 2.75) is 6.92 Å². The summed E-state index contributed by atoms with van der Waals surface area (Å²) in [5.41, 5.74) is 0.536. The Labute approximate surface area is 208 Å². The molecule has 1 aromatic heterocycles. The second kappa shape index (κ2) is 10.3. The Morgan fingerprint density at radius 3 is 2.25 bits per heavy atom. The minimum absolute atomic E-state index is 0. The molecular weight excluding hydrogens is 469 g/mol. The van der Waals surface area contributed by atoms with Crippen LogP contribution in [0.5, 0.6) is 11.8 Å². The molecule has 0 fully saturated rings. The second-order valence-electron chi connectivity index (χ2n) is 6.58. The van der Waals surface area contributed by atoms with E-state index in [1.54, 1.807) is 24.3 Å². The summed E-state index contributed by atoms with van der Waals surface area (Å²) in [4.78, 5) is 19.8. The molecule has 32 heavy (non-hydrogen) atoms. The summed E-state index contributed by atoms with van der Waals surface area (Å²) in [6, 6.07) is 1.38. The van der Waals surface area contributed by atoms with E-state index in [2.05, 4.69) is 15.3 Å². The Morgan fingerprint density at radius 1 is 1.06 bits per heavy atom. The second-order valence-corrected chi connectivity index (χ2v) is 10.8. The predicted octanol–water partition coefficient (Wildman–Crippen LogP) is 0.527. The van der Waals surface area contributed by atoms with Crippen molar-refractivity contribution < 1.29 is 31.1 Å². The molecule has 10 nitrogen and oxygen atoms in total. The topological polar surface area (TPSA) is 142 Å². The quantitative estimate of drug-likeness (QED) is 0.515. The van der Waals surface area contributed by atoms with Gasteiger partial charge in [0.05, 0.1) is 35.8 Å². The Kier molecular flexibility index (Phi) is 8.45. The first-order valence-corrected chi connectivity index (χ1v) is 12.4. The van der Waals surface area contributed by atoms with Gasteiger partial charge in [-0.15, -0.1) is 0 Å². The fourth-order valence-electron chi connectivity index (χ4n) is 3.13. The summed E-state index contributed by atoms with van der Waals surface area (Å²) >= 11 is 0. The number of aromatic nitrogens is 2. The van der Waals surface area contributed by atoms with Gasteiger partial charge < -0.3 is 9.47 Å². The number of nitrogens with zero attached hydrogens (tertiary/aromatic N) is 2. The van der Waals surface area contributed by atoms with E-state index in [1.165, 1.54) is 33.3 Å². The van der Waals surface area contributed by atoms with Gasteiger partial charge in [0.15, 0.2) is 19.7 Å². The van der Waals surface area contributed by atoms with Gasteiger partial charge in [-0.1, -0.05) is 31.2 Å². The first kappa shape index (κ1) is 26.3. The van der Waals surface area contributed by atoms with Crippen LogP contribution in [0, 0.1) is 5.92 Å². The summed E-state index contributed by atoms with van der Waals surface area (Å²) < 4.78 is 61.4. The van der Waals surface area contributed by atoms with Crippen molar-refractivity contribution in [1.29, 1.82) is 0 Å². The van der Waals surface area contributed by atoms with Crippen LogP contribution in [0.1, 0.15) is 6.92 Å². The SMILES string of the molecule is CCS(=O)(=O)C1=C(S(=O)(=O)CC(=O)Nc2nc(OC)cc(OC)n2)C2C=CC=CC2=C1.[NaH]. The number of fused-ring (bicyclic) bond motifs is 1. The Morgan fingerprint density at radius 2 is 1.69 bits per heavy atom. The van der Waals surface area contributed by atoms with Gasteiger partial charge in [-0.2, -0.15) is 9.97 Å². The van der Waals surface area contributed by atoms with Gasteiger partial charge in [-0.25, -0.2) is 16.8 Å². The van der Waals surface area contributed by atoms with Crippen LogP contribution in [0.15, 0.2) is 51.8 Å². The zero-order valence-corrected chi connectivity index (χ0v) is 18.7. The molecule has 2 aliphatic carbocycles. The number of hydrogen-bond donors (Lipinski definition) is 1. The molecule has 0 aromatic carbocycles. The number of ether oxygens (including phenoxy) is 2. The molecule has 1 unspecified atom stereocenters. The number of anilines is 1. The van der Waals surface area contributed by atoms with E-state index in [0.717, 1.165) is 0 Å². The van der Waals surface area contributed by atoms with Crippen LogP contribution in [0.2, 0.25) is 0 Å². The van der Waals surface area contributed by atoms with E-state index in [-0.39, 0.29) is 62.8 Å². The van der Waals surface area contributed by atoms with E-state index < -0.39 is 37.3 Å². The molecule has 0 radical (unpaired) electrons. The zero-order valence-electron chi connectivity index (χ0n) is 17.0. The number of carbonyl (C=O) groups is 1. The molecule has 3 rings (SSSR count). The predicted molar refractivity (Wildman–Crippen MR) is 121 cm³/mol. The fraction of sp³-hybridized carbons (Fsp3) is 0.316. The molecule has 1 amide bonds. The van der Waals surface area contributed by atoms with Gasteiger partial charge in [0.25, 0.3) is 0 Å². The van der Waals surface area contributed by atoms with E-state index in [9.17, 15) is 21.6 Å². The van der Waals surface area contributed by atoms with Crippen LogP contribution in [-0.4, -0.2) is 88.0 Å². The third-order valence-electron chi connectivity index (χ3n) is 4.61. The molecule has 13 heteroatoms. The average Bonchev–Trinajstić information content (AvgIpc) is 3.14. The van der Waals surface area contributed by atoms with E-state index in [0.29, 0.717) is 5.57 Å². The average molecular weight is 492 g/mol. The minimum atomic E-state index is -4.29. The van der Waals surface area contributed by atoms with Crippen LogP contribution >= 0.6 is 0 Å². The summed E-state index contributed by atoms with van der Waals surface area (Å²) in [5.74, 6) is -2.94. The molecule has 0 saturated carbocycles. The molecule has 2 aliphatic rings. The van der Waals surface area contributed by atoms with Crippen LogP contribution in [0.25, 0.3) is 0 Å². The molecule has 0 spiro atoms. The number of rotatable bonds is 8.